The maximum absolute atomic E-state index is 9.50. The molecule has 2 nitrogen and oxygen atoms in total. The van der Waals surface area contributed by atoms with Gasteiger partial charge in [-0.3, -0.25) is 0 Å². The average Bonchev–Trinajstić information content (AvgIpc) is 2.87. The van der Waals surface area contributed by atoms with E-state index >= 15 is 0 Å². The van der Waals surface area contributed by atoms with Crippen LogP contribution in [0.3, 0.4) is 0 Å². The summed E-state index contributed by atoms with van der Waals surface area (Å²) >= 11 is 5.93. The van der Waals surface area contributed by atoms with Gasteiger partial charge >= 0.3 is 0 Å². The second-order valence-corrected chi connectivity index (χ2v) is 3.80. The third-order valence-corrected chi connectivity index (χ3v) is 2.59. The summed E-state index contributed by atoms with van der Waals surface area (Å²) in [5, 5.41) is 13.4. The first kappa shape index (κ1) is 8.85. The number of phenolic OH excluding ortho intramolecular Hbond substituents is 1. The third kappa shape index (κ3) is 2.14. The summed E-state index contributed by atoms with van der Waals surface area (Å²) in [4.78, 5) is 0. The van der Waals surface area contributed by atoms with E-state index in [0.29, 0.717) is 17.6 Å². The number of halogens is 1. The fourth-order valence-electron chi connectivity index (χ4n) is 1.26. The third-order valence-electron chi connectivity index (χ3n) is 2.24. The van der Waals surface area contributed by atoms with Crippen molar-refractivity contribution in [3.8, 4) is 5.75 Å². The molecule has 0 amide bonds. The quantitative estimate of drug-likeness (QED) is 0.780. The number of benzene rings is 1. The number of rotatable bonds is 3. The van der Waals surface area contributed by atoms with Crippen molar-refractivity contribution < 1.29 is 5.11 Å². The van der Waals surface area contributed by atoms with Crippen molar-refractivity contribution in [3.63, 3.8) is 0 Å². The van der Waals surface area contributed by atoms with Gasteiger partial charge in [-0.15, -0.1) is 0 Å². The van der Waals surface area contributed by atoms with Gasteiger partial charge in [0.05, 0.1) is 0 Å². The summed E-state index contributed by atoms with van der Waals surface area (Å²) in [5.41, 5.74) is 0.802. The highest BCUT2D eigenvalue weighted by molar-refractivity contribution is 6.31. The molecule has 0 radical (unpaired) electrons. The van der Waals surface area contributed by atoms with Gasteiger partial charge < -0.3 is 10.4 Å². The fourth-order valence-corrected chi connectivity index (χ4v) is 1.49. The Balaban J connectivity index is 2.07. The van der Waals surface area contributed by atoms with Crippen LogP contribution in [-0.4, -0.2) is 11.1 Å². The van der Waals surface area contributed by atoms with E-state index in [0.717, 1.165) is 5.56 Å². The van der Waals surface area contributed by atoms with E-state index in [1.807, 2.05) is 0 Å². The largest absolute Gasteiger partial charge is 0.508 e. The Hall–Kier alpha value is -0.730. The first-order valence-corrected chi connectivity index (χ1v) is 4.85. The zero-order valence-corrected chi connectivity index (χ0v) is 8.01. The van der Waals surface area contributed by atoms with Crippen LogP contribution in [0, 0.1) is 0 Å². The van der Waals surface area contributed by atoms with Gasteiger partial charge in [0.15, 0.2) is 0 Å². The summed E-state index contributed by atoms with van der Waals surface area (Å²) in [6, 6.07) is 5.84. The molecule has 70 valence electrons. The van der Waals surface area contributed by atoms with Crippen molar-refractivity contribution in [2.45, 2.75) is 25.4 Å². The van der Waals surface area contributed by atoms with Crippen LogP contribution in [0.1, 0.15) is 18.4 Å². The molecule has 1 aliphatic rings. The maximum Gasteiger partial charge on any atom is 0.121 e. The molecular weight excluding hydrogens is 186 g/mol. The zero-order valence-electron chi connectivity index (χ0n) is 7.26. The Bertz CT molecular complexity index is 290. The lowest BCUT2D eigenvalue weighted by molar-refractivity contribution is 0.464. The van der Waals surface area contributed by atoms with Crippen molar-refractivity contribution in [1.82, 2.24) is 5.32 Å². The van der Waals surface area contributed by atoms with Gasteiger partial charge in [-0.25, -0.2) is 0 Å². The van der Waals surface area contributed by atoms with E-state index in [9.17, 15) is 5.11 Å². The number of phenols is 1. The van der Waals surface area contributed by atoms with Gasteiger partial charge in [-0.1, -0.05) is 17.7 Å². The number of hydrogen-bond acceptors (Lipinski definition) is 2. The summed E-state index contributed by atoms with van der Waals surface area (Å²) in [5.74, 6) is 0.278. The minimum Gasteiger partial charge on any atom is -0.508 e. The number of hydrogen-bond donors (Lipinski definition) is 2. The van der Waals surface area contributed by atoms with Crippen molar-refractivity contribution in [3.05, 3.63) is 28.8 Å². The fraction of sp³-hybridized carbons (Fsp3) is 0.400. The van der Waals surface area contributed by atoms with Crippen molar-refractivity contribution in [1.29, 1.82) is 0 Å². The van der Waals surface area contributed by atoms with Gasteiger partial charge in [-0.2, -0.15) is 0 Å². The summed E-state index contributed by atoms with van der Waals surface area (Å²) in [7, 11) is 0. The van der Waals surface area contributed by atoms with Gasteiger partial charge in [0, 0.05) is 23.2 Å². The summed E-state index contributed by atoms with van der Waals surface area (Å²) < 4.78 is 0. The zero-order chi connectivity index (χ0) is 9.26. The van der Waals surface area contributed by atoms with Gasteiger partial charge in [-0.05, 0) is 25.0 Å². The average molecular weight is 198 g/mol. The molecule has 3 heteroatoms. The highest BCUT2D eigenvalue weighted by Crippen LogP contribution is 2.26. The second kappa shape index (κ2) is 3.56. The molecule has 2 N–H and O–H groups in total. The molecule has 0 saturated heterocycles. The molecular formula is C10H12ClNO. The molecule has 0 heterocycles. The van der Waals surface area contributed by atoms with Gasteiger partial charge in [0.1, 0.15) is 5.75 Å². The molecule has 2 rings (SSSR count). The molecule has 1 aliphatic carbocycles. The topological polar surface area (TPSA) is 32.3 Å². The molecule has 0 unspecified atom stereocenters. The highest BCUT2D eigenvalue weighted by Gasteiger charge is 2.20. The van der Waals surface area contributed by atoms with Crippen LogP contribution >= 0.6 is 11.6 Å². The lowest BCUT2D eigenvalue weighted by Crippen LogP contribution is -2.15. The lowest BCUT2D eigenvalue weighted by Gasteiger charge is -2.07. The Morgan fingerprint density at radius 2 is 2.23 bits per heavy atom. The summed E-state index contributed by atoms with van der Waals surface area (Å²) in [6.07, 6.45) is 2.48. The SMILES string of the molecule is Oc1cccc(Cl)c1CNC1CC1. The molecule has 0 bridgehead atoms. The van der Waals surface area contributed by atoms with E-state index in [2.05, 4.69) is 5.32 Å². The van der Waals surface area contributed by atoms with Crippen molar-refractivity contribution in [2.24, 2.45) is 0 Å². The molecule has 0 aromatic heterocycles. The van der Waals surface area contributed by atoms with Gasteiger partial charge in [0.25, 0.3) is 0 Å². The summed E-state index contributed by atoms with van der Waals surface area (Å²) in [6.45, 7) is 0.663. The Morgan fingerprint density at radius 1 is 1.46 bits per heavy atom. The van der Waals surface area contributed by atoms with E-state index in [-0.39, 0.29) is 5.75 Å². The number of nitrogens with one attached hydrogen (secondary N) is 1. The highest BCUT2D eigenvalue weighted by atomic mass is 35.5. The monoisotopic (exact) mass is 197 g/mol. The Kier molecular flexibility index (Phi) is 2.42. The second-order valence-electron chi connectivity index (χ2n) is 3.39. The van der Waals surface area contributed by atoms with Gasteiger partial charge in [0.2, 0.25) is 0 Å². The smallest absolute Gasteiger partial charge is 0.121 e. The van der Waals surface area contributed by atoms with E-state index in [1.165, 1.54) is 12.8 Å². The molecule has 1 saturated carbocycles. The van der Waals surface area contributed by atoms with Crippen LogP contribution in [0.15, 0.2) is 18.2 Å². The molecule has 13 heavy (non-hydrogen) atoms. The maximum atomic E-state index is 9.50. The van der Waals surface area contributed by atoms with E-state index in [1.54, 1.807) is 18.2 Å². The van der Waals surface area contributed by atoms with Crippen LogP contribution in [-0.2, 0) is 6.54 Å². The van der Waals surface area contributed by atoms with Crippen LogP contribution in [0.5, 0.6) is 5.75 Å². The predicted molar refractivity (Wildman–Crippen MR) is 53.0 cm³/mol. The molecule has 1 aromatic carbocycles. The van der Waals surface area contributed by atoms with E-state index in [4.69, 9.17) is 11.6 Å². The Morgan fingerprint density at radius 3 is 2.85 bits per heavy atom. The van der Waals surface area contributed by atoms with Crippen LogP contribution in [0.2, 0.25) is 5.02 Å². The first-order chi connectivity index (χ1) is 6.27. The minimum atomic E-state index is 0.278. The Labute approximate surface area is 82.5 Å². The first-order valence-electron chi connectivity index (χ1n) is 4.47. The lowest BCUT2D eigenvalue weighted by atomic mass is 10.2. The predicted octanol–water partition coefficient (Wildman–Crippen LogP) is 2.30. The minimum absolute atomic E-state index is 0.278. The molecule has 0 spiro atoms. The standard InChI is InChI=1S/C10H12ClNO/c11-9-2-1-3-10(13)8(9)6-12-7-4-5-7/h1-3,7,12-13H,4-6H2. The molecule has 0 aliphatic heterocycles. The molecule has 1 aromatic rings. The van der Waals surface area contributed by atoms with Crippen molar-refractivity contribution in [2.75, 3.05) is 0 Å². The van der Waals surface area contributed by atoms with Crippen LogP contribution in [0.4, 0.5) is 0 Å². The normalized spacial score (nSPS) is 16.1. The molecule has 0 atom stereocenters. The van der Waals surface area contributed by atoms with Crippen LogP contribution < -0.4 is 5.32 Å². The van der Waals surface area contributed by atoms with E-state index < -0.39 is 0 Å². The van der Waals surface area contributed by atoms with Crippen molar-refractivity contribution >= 4 is 11.6 Å². The number of aromatic hydroxyl groups is 1. The molecule has 1 fully saturated rings. The van der Waals surface area contributed by atoms with Crippen LogP contribution in [0.25, 0.3) is 0 Å².